The van der Waals surface area contributed by atoms with E-state index in [-0.39, 0.29) is 23.5 Å². The molecule has 1 aliphatic rings. The van der Waals surface area contributed by atoms with Crippen LogP contribution in [0.1, 0.15) is 20.1 Å². The van der Waals surface area contributed by atoms with Crippen LogP contribution in [0.5, 0.6) is 0 Å². The monoisotopic (exact) mass is 369 g/mol. The molecule has 2 aromatic heterocycles. The fourth-order valence-electron chi connectivity index (χ4n) is 2.72. The summed E-state index contributed by atoms with van der Waals surface area (Å²) in [6.45, 7) is 1.98. The zero-order chi connectivity index (χ0) is 19.0. The SMILES string of the molecule is CC(=O)OC[C@H]1O[C@@H](n2nnc3c(=O)[nH]c(N)cc32)[C@@H](F)[C@@H]1OC(C)=O. The molecule has 3 heterocycles. The minimum atomic E-state index is -1.84. The summed E-state index contributed by atoms with van der Waals surface area (Å²) in [5.41, 5.74) is 5.11. The van der Waals surface area contributed by atoms with Crippen molar-refractivity contribution in [2.45, 2.75) is 38.5 Å². The van der Waals surface area contributed by atoms with Crippen molar-refractivity contribution in [2.24, 2.45) is 0 Å². The molecular weight excluding hydrogens is 353 g/mol. The summed E-state index contributed by atoms with van der Waals surface area (Å²) < 4.78 is 31.3. The summed E-state index contributed by atoms with van der Waals surface area (Å²) in [6, 6.07) is 1.35. The van der Waals surface area contributed by atoms with Crippen LogP contribution < -0.4 is 11.3 Å². The van der Waals surface area contributed by atoms with E-state index in [9.17, 15) is 18.8 Å². The highest BCUT2D eigenvalue weighted by Crippen LogP contribution is 2.35. The molecule has 1 aliphatic heterocycles. The van der Waals surface area contributed by atoms with Gasteiger partial charge < -0.3 is 24.9 Å². The maximum Gasteiger partial charge on any atom is 0.303 e. The quantitative estimate of drug-likeness (QED) is 0.675. The lowest BCUT2D eigenvalue weighted by Crippen LogP contribution is -2.36. The number of nitrogens with zero attached hydrogens (tertiary/aromatic N) is 3. The van der Waals surface area contributed by atoms with Crippen molar-refractivity contribution in [2.75, 3.05) is 12.3 Å². The second-order valence-corrected chi connectivity index (χ2v) is 5.71. The van der Waals surface area contributed by atoms with Crippen LogP contribution in [0.4, 0.5) is 10.2 Å². The molecule has 2 aromatic rings. The van der Waals surface area contributed by atoms with Gasteiger partial charge in [0, 0.05) is 19.9 Å². The number of ether oxygens (including phenoxy) is 3. The van der Waals surface area contributed by atoms with Crippen LogP contribution in [0.2, 0.25) is 0 Å². The number of alkyl halides is 1. The lowest BCUT2D eigenvalue weighted by Gasteiger charge is -2.18. The number of nitrogens with two attached hydrogens (primary N) is 1. The third-order valence-electron chi connectivity index (χ3n) is 3.76. The Labute approximate surface area is 145 Å². The largest absolute Gasteiger partial charge is 0.463 e. The average molecular weight is 369 g/mol. The van der Waals surface area contributed by atoms with Gasteiger partial charge in [0.1, 0.15) is 24.0 Å². The molecule has 0 aliphatic carbocycles. The number of nitrogens with one attached hydrogen (secondary N) is 1. The second kappa shape index (κ2) is 6.71. The molecule has 12 heteroatoms. The highest BCUT2D eigenvalue weighted by Gasteiger charge is 2.49. The standard InChI is InChI=1S/C14H16FN5O6/c1-5(21)24-4-8-12(25-6(2)22)10(15)14(26-8)20-7-3-9(16)17-13(23)11(7)18-19-20/h3,8,10,12,14H,4H2,1-2H3,(H3,16,17,23)/t8-,10+,12-,14-/m1/s1. The topological polar surface area (TPSA) is 151 Å². The summed E-state index contributed by atoms with van der Waals surface area (Å²) in [6.07, 6.45) is -5.58. The smallest absolute Gasteiger partial charge is 0.303 e. The molecule has 140 valence electrons. The molecule has 4 atom stereocenters. The van der Waals surface area contributed by atoms with E-state index in [0.29, 0.717) is 0 Å². The van der Waals surface area contributed by atoms with E-state index in [4.69, 9.17) is 19.9 Å². The predicted molar refractivity (Wildman–Crippen MR) is 83.6 cm³/mol. The third-order valence-corrected chi connectivity index (χ3v) is 3.76. The normalized spacial score (nSPS) is 25.3. The van der Waals surface area contributed by atoms with Gasteiger partial charge in [-0.3, -0.25) is 14.4 Å². The van der Waals surface area contributed by atoms with E-state index < -0.39 is 42.1 Å². The Hall–Kier alpha value is -3.02. The zero-order valence-electron chi connectivity index (χ0n) is 13.8. The van der Waals surface area contributed by atoms with Crippen molar-refractivity contribution in [3.63, 3.8) is 0 Å². The van der Waals surface area contributed by atoms with Crippen LogP contribution in [0.25, 0.3) is 11.0 Å². The van der Waals surface area contributed by atoms with Gasteiger partial charge in [0.25, 0.3) is 5.56 Å². The number of H-pyrrole nitrogens is 1. The van der Waals surface area contributed by atoms with Gasteiger partial charge >= 0.3 is 11.9 Å². The molecule has 26 heavy (non-hydrogen) atoms. The summed E-state index contributed by atoms with van der Waals surface area (Å²) >= 11 is 0. The maximum atomic E-state index is 14.9. The van der Waals surface area contributed by atoms with Crippen LogP contribution >= 0.6 is 0 Å². The molecule has 1 fully saturated rings. The first-order valence-corrected chi connectivity index (χ1v) is 7.61. The lowest BCUT2D eigenvalue weighted by molar-refractivity contribution is -0.156. The van der Waals surface area contributed by atoms with Gasteiger partial charge in [0.15, 0.2) is 24.0 Å². The lowest BCUT2D eigenvalue weighted by atomic mass is 10.1. The Morgan fingerprint density at radius 3 is 2.81 bits per heavy atom. The van der Waals surface area contributed by atoms with Crippen molar-refractivity contribution in [1.82, 2.24) is 20.0 Å². The number of rotatable bonds is 4. The molecule has 3 rings (SSSR count). The maximum absolute atomic E-state index is 14.9. The molecule has 1 saturated heterocycles. The highest BCUT2D eigenvalue weighted by atomic mass is 19.1. The first-order valence-electron chi connectivity index (χ1n) is 7.61. The van der Waals surface area contributed by atoms with Gasteiger partial charge in [-0.15, -0.1) is 5.10 Å². The minimum Gasteiger partial charge on any atom is -0.463 e. The Balaban J connectivity index is 1.96. The first-order chi connectivity index (χ1) is 12.3. The van der Waals surface area contributed by atoms with Crippen molar-refractivity contribution in [3.05, 3.63) is 16.4 Å². The van der Waals surface area contributed by atoms with Gasteiger partial charge in [-0.2, -0.15) is 0 Å². The fraction of sp³-hybridized carbons (Fsp3) is 0.500. The Morgan fingerprint density at radius 2 is 2.15 bits per heavy atom. The molecule has 0 unspecified atom stereocenters. The molecular formula is C14H16FN5O6. The molecule has 0 aromatic carbocycles. The van der Waals surface area contributed by atoms with Gasteiger partial charge in [-0.25, -0.2) is 9.07 Å². The summed E-state index contributed by atoms with van der Waals surface area (Å²) in [5, 5.41) is 7.45. The molecule has 0 saturated carbocycles. The van der Waals surface area contributed by atoms with Gasteiger partial charge in [-0.05, 0) is 0 Å². The van der Waals surface area contributed by atoms with Crippen LogP contribution in [0.3, 0.4) is 0 Å². The Kier molecular flexibility index (Phi) is 4.59. The summed E-state index contributed by atoms with van der Waals surface area (Å²) in [7, 11) is 0. The van der Waals surface area contributed by atoms with E-state index in [1.807, 2.05) is 0 Å². The van der Waals surface area contributed by atoms with E-state index in [2.05, 4.69) is 15.3 Å². The van der Waals surface area contributed by atoms with Crippen LogP contribution in [-0.4, -0.2) is 56.9 Å². The van der Waals surface area contributed by atoms with Crippen molar-refractivity contribution < 1.29 is 28.2 Å². The average Bonchev–Trinajstić information content (AvgIpc) is 3.08. The molecule has 0 amide bonds. The highest BCUT2D eigenvalue weighted by molar-refractivity contribution is 5.75. The zero-order valence-corrected chi connectivity index (χ0v) is 13.8. The van der Waals surface area contributed by atoms with Crippen molar-refractivity contribution in [1.29, 1.82) is 0 Å². The Bertz CT molecular complexity index is 911. The number of fused-ring (bicyclic) bond motifs is 1. The number of aromatic nitrogens is 4. The first kappa shape index (κ1) is 17.8. The van der Waals surface area contributed by atoms with Crippen molar-refractivity contribution >= 4 is 28.8 Å². The molecule has 0 radical (unpaired) electrons. The number of halogens is 1. The minimum absolute atomic E-state index is 0.0347. The van der Waals surface area contributed by atoms with Gasteiger partial charge in [0.05, 0.1) is 0 Å². The number of esters is 2. The second-order valence-electron chi connectivity index (χ2n) is 5.71. The third kappa shape index (κ3) is 3.22. The molecule has 0 spiro atoms. The summed E-state index contributed by atoms with van der Waals surface area (Å²) in [5.74, 6) is -1.29. The van der Waals surface area contributed by atoms with E-state index in [1.54, 1.807) is 0 Å². The van der Waals surface area contributed by atoms with Gasteiger partial charge in [0.2, 0.25) is 0 Å². The van der Waals surface area contributed by atoms with Crippen molar-refractivity contribution in [3.8, 4) is 0 Å². The summed E-state index contributed by atoms with van der Waals surface area (Å²) in [4.78, 5) is 36.5. The fourth-order valence-corrected chi connectivity index (χ4v) is 2.72. The number of nitrogen functional groups attached to an aromatic ring is 1. The molecule has 11 nitrogen and oxygen atoms in total. The van der Waals surface area contributed by atoms with Crippen LogP contribution in [0, 0.1) is 0 Å². The predicted octanol–water partition coefficient (Wildman–Crippen LogP) is -0.568. The number of hydrogen-bond acceptors (Lipinski definition) is 9. The van der Waals surface area contributed by atoms with Crippen LogP contribution in [-0.2, 0) is 23.8 Å². The number of pyridine rings is 1. The molecule has 0 bridgehead atoms. The molecule has 3 N–H and O–H groups in total. The van der Waals surface area contributed by atoms with Crippen LogP contribution in [0.15, 0.2) is 10.9 Å². The number of carbonyl (C=O) groups excluding carboxylic acids is 2. The number of aromatic amines is 1. The number of anilines is 1. The van der Waals surface area contributed by atoms with Gasteiger partial charge in [-0.1, -0.05) is 5.21 Å². The van der Waals surface area contributed by atoms with E-state index >= 15 is 0 Å². The van der Waals surface area contributed by atoms with E-state index in [1.165, 1.54) is 13.0 Å². The number of carbonyl (C=O) groups is 2. The van der Waals surface area contributed by atoms with E-state index in [0.717, 1.165) is 11.6 Å². The number of hydrogen-bond donors (Lipinski definition) is 2. The Morgan fingerprint density at radius 1 is 1.42 bits per heavy atom.